The number of hydrogen-bond donors (Lipinski definition) is 3. The largest absolute Gasteiger partial charge is 0.392 e. The van der Waals surface area contributed by atoms with E-state index in [0.717, 1.165) is 16.7 Å². The summed E-state index contributed by atoms with van der Waals surface area (Å²) >= 11 is 0. The Hall–Kier alpha value is -1.49. The molecule has 0 fully saturated rings. The molecule has 3 N–H and O–H groups in total. The molecule has 21 heavy (non-hydrogen) atoms. The summed E-state index contributed by atoms with van der Waals surface area (Å²) in [7, 11) is 0. The lowest BCUT2D eigenvalue weighted by Crippen LogP contribution is -2.29. The Labute approximate surface area is 125 Å². The van der Waals surface area contributed by atoms with Crippen LogP contribution in [0.1, 0.15) is 43.4 Å². The molecular weight excluding hydrogens is 268 g/mol. The van der Waals surface area contributed by atoms with E-state index in [1.54, 1.807) is 25.1 Å². The highest BCUT2D eigenvalue weighted by atomic mass is 16.3. The van der Waals surface area contributed by atoms with Crippen LogP contribution in [0.15, 0.2) is 24.3 Å². The highest BCUT2D eigenvalue weighted by Gasteiger charge is 2.26. The molecule has 4 heteroatoms. The first kappa shape index (κ1) is 17.6. The third-order valence-corrected chi connectivity index (χ3v) is 3.89. The zero-order valence-electron chi connectivity index (χ0n) is 12.8. The van der Waals surface area contributed by atoms with Gasteiger partial charge in [-0.3, -0.25) is 4.79 Å². The average Bonchev–Trinajstić information content (AvgIpc) is 2.50. The third kappa shape index (κ3) is 4.49. The maximum Gasteiger partial charge on any atom is 0.135 e. The summed E-state index contributed by atoms with van der Waals surface area (Å²) in [4.78, 5) is 11.4. The lowest BCUT2D eigenvalue weighted by Gasteiger charge is -2.25. The lowest BCUT2D eigenvalue weighted by atomic mass is 9.83. The van der Waals surface area contributed by atoms with Gasteiger partial charge in [-0.25, -0.2) is 0 Å². The van der Waals surface area contributed by atoms with E-state index >= 15 is 0 Å². The number of carbonyl (C=O) groups excluding carboxylic acids is 1. The maximum absolute atomic E-state index is 11.4. The van der Waals surface area contributed by atoms with Gasteiger partial charge in [-0.05, 0) is 29.7 Å². The van der Waals surface area contributed by atoms with Gasteiger partial charge in [0.25, 0.3) is 0 Å². The smallest absolute Gasteiger partial charge is 0.135 e. The van der Waals surface area contributed by atoms with Gasteiger partial charge in [-0.2, -0.15) is 0 Å². The van der Waals surface area contributed by atoms with Crippen LogP contribution in [-0.4, -0.2) is 33.8 Å². The number of rotatable bonds is 7. The molecule has 0 aliphatic carbocycles. The van der Waals surface area contributed by atoms with Crippen LogP contribution in [-0.2, 0) is 11.4 Å². The molecule has 4 nitrogen and oxygen atoms in total. The Kier molecular flexibility index (Phi) is 6.75. The zero-order valence-corrected chi connectivity index (χ0v) is 12.8. The van der Waals surface area contributed by atoms with E-state index in [1.807, 2.05) is 19.1 Å². The van der Waals surface area contributed by atoms with Gasteiger partial charge in [0, 0.05) is 11.8 Å². The predicted octanol–water partition coefficient (Wildman–Crippen LogP) is 1.87. The van der Waals surface area contributed by atoms with Crippen molar-refractivity contribution in [3.8, 4) is 0 Å². The minimum Gasteiger partial charge on any atom is -0.392 e. The van der Waals surface area contributed by atoms with Crippen LogP contribution in [0.2, 0.25) is 0 Å². The summed E-state index contributed by atoms with van der Waals surface area (Å²) in [6.07, 6.45) is 2.59. The van der Waals surface area contributed by atoms with Gasteiger partial charge in [0.1, 0.15) is 5.78 Å². The lowest BCUT2D eigenvalue weighted by molar-refractivity contribution is -0.123. The summed E-state index contributed by atoms with van der Waals surface area (Å²) in [6.45, 7) is 4.91. The number of aliphatic hydroxyl groups is 3. The van der Waals surface area contributed by atoms with Crippen molar-refractivity contribution in [1.29, 1.82) is 0 Å². The van der Waals surface area contributed by atoms with Crippen LogP contribution < -0.4 is 0 Å². The summed E-state index contributed by atoms with van der Waals surface area (Å²) in [5.74, 6) is -0.712. The minimum absolute atomic E-state index is 0.0474. The summed E-state index contributed by atoms with van der Waals surface area (Å²) in [6, 6.07) is 5.47. The molecule has 1 aromatic rings. The number of Topliss-reactive ketones (excluding diaryl/α,β-unsaturated/α-hetero) is 1. The second-order valence-electron chi connectivity index (χ2n) is 5.38. The minimum atomic E-state index is -0.774. The molecule has 0 unspecified atom stereocenters. The van der Waals surface area contributed by atoms with E-state index in [1.165, 1.54) is 6.92 Å². The van der Waals surface area contributed by atoms with Crippen LogP contribution >= 0.6 is 0 Å². The van der Waals surface area contributed by atoms with E-state index in [4.69, 9.17) is 5.11 Å². The summed E-state index contributed by atoms with van der Waals surface area (Å²) in [5, 5.41) is 28.5. The van der Waals surface area contributed by atoms with Gasteiger partial charge >= 0.3 is 0 Å². The molecule has 0 saturated heterocycles. The van der Waals surface area contributed by atoms with Crippen molar-refractivity contribution in [2.75, 3.05) is 6.61 Å². The quantitative estimate of drug-likeness (QED) is 0.717. The van der Waals surface area contributed by atoms with Crippen LogP contribution in [0.25, 0.3) is 6.08 Å². The van der Waals surface area contributed by atoms with E-state index < -0.39 is 12.0 Å². The van der Waals surface area contributed by atoms with Crippen molar-refractivity contribution in [3.05, 3.63) is 41.0 Å². The number of aliphatic hydroxyl groups excluding tert-OH is 3. The normalized spacial score (nSPS) is 15.9. The summed E-state index contributed by atoms with van der Waals surface area (Å²) < 4.78 is 0. The highest BCUT2D eigenvalue weighted by Crippen LogP contribution is 2.29. The number of benzene rings is 1. The molecule has 0 aromatic heterocycles. The number of carbonyl (C=O) groups is 1. The van der Waals surface area contributed by atoms with Crippen molar-refractivity contribution in [2.45, 2.75) is 39.4 Å². The van der Waals surface area contributed by atoms with E-state index in [0.29, 0.717) is 0 Å². The summed E-state index contributed by atoms with van der Waals surface area (Å²) in [5.41, 5.74) is 2.48. The molecule has 0 heterocycles. The highest BCUT2D eigenvalue weighted by molar-refractivity contribution is 5.78. The second kappa shape index (κ2) is 8.08. The van der Waals surface area contributed by atoms with Gasteiger partial charge in [-0.1, -0.05) is 38.1 Å². The molecule has 116 valence electrons. The molecule has 0 spiro atoms. The Morgan fingerprint density at radius 1 is 1.29 bits per heavy atom. The van der Waals surface area contributed by atoms with Gasteiger partial charge in [0.2, 0.25) is 0 Å². The Balaban J connectivity index is 3.15. The standard InChI is InChI=1S/C17H24O4/c1-11(13(3)20)17(21)12(2)16-7-6-14(10-19)9-15(16)5-4-8-18/h4-7,9,11-12,17-19,21H,8,10H2,1-3H3/t11-,12-,17-/m0/s1. The Morgan fingerprint density at radius 3 is 2.48 bits per heavy atom. The van der Waals surface area contributed by atoms with E-state index in [2.05, 4.69) is 0 Å². The van der Waals surface area contributed by atoms with Crippen LogP contribution in [0, 0.1) is 5.92 Å². The Morgan fingerprint density at radius 2 is 1.95 bits per heavy atom. The first-order valence-electron chi connectivity index (χ1n) is 7.12. The number of ketones is 1. The van der Waals surface area contributed by atoms with Crippen LogP contribution in [0.4, 0.5) is 0 Å². The van der Waals surface area contributed by atoms with Gasteiger partial charge in [0.05, 0.1) is 19.3 Å². The van der Waals surface area contributed by atoms with Crippen molar-refractivity contribution >= 4 is 11.9 Å². The predicted molar refractivity (Wildman–Crippen MR) is 82.8 cm³/mol. The monoisotopic (exact) mass is 292 g/mol. The molecule has 0 aliphatic heterocycles. The molecule has 0 aliphatic rings. The molecule has 0 amide bonds. The van der Waals surface area contributed by atoms with Crippen LogP contribution in [0.3, 0.4) is 0 Å². The van der Waals surface area contributed by atoms with Gasteiger partial charge in [0.15, 0.2) is 0 Å². The molecule has 3 atom stereocenters. The third-order valence-electron chi connectivity index (χ3n) is 3.89. The molecule has 1 aromatic carbocycles. The zero-order chi connectivity index (χ0) is 16.0. The SMILES string of the molecule is CC(=O)[C@H](C)[C@H](O)[C@@H](C)c1ccc(CO)cc1C=CCO. The van der Waals surface area contributed by atoms with Crippen molar-refractivity contribution in [1.82, 2.24) is 0 Å². The molecule has 0 radical (unpaired) electrons. The maximum atomic E-state index is 11.4. The second-order valence-corrected chi connectivity index (χ2v) is 5.38. The molecule has 0 saturated carbocycles. The van der Waals surface area contributed by atoms with E-state index in [-0.39, 0.29) is 24.9 Å². The fourth-order valence-corrected chi connectivity index (χ4v) is 2.32. The fraction of sp³-hybridized carbons (Fsp3) is 0.471. The number of hydrogen-bond acceptors (Lipinski definition) is 4. The van der Waals surface area contributed by atoms with E-state index in [9.17, 15) is 15.0 Å². The molecule has 1 rings (SSSR count). The van der Waals surface area contributed by atoms with Crippen molar-refractivity contribution in [2.24, 2.45) is 5.92 Å². The molecular formula is C17H24O4. The van der Waals surface area contributed by atoms with Gasteiger partial charge in [-0.15, -0.1) is 0 Å². The molecule has 0 bridgehead atoms. The van der Waals surface area contributed by atoms with Gasteiger partial charge < -0.3 is 15.3 Å². The van der Waals surface area contributed by atoms with Crippen molar-refractivity contribution in [3.63, 3.8) is 0 Å². The van der Waals surface area contributed by atoms with Crippen molar-refractivity contribution < 1.29 is 20.1 Å². The fourth-order valence-electron chi connectivity index (χ4n) is 2.32. The average molecular weight is 292 g/mol. The first-order valence-corrected chi connectivity index (χ1v) is 7.12. The first-order chi connectivity index (χ1) is 9.92. The van der Waals surface area contributed by atoms with Crippen LogP contribution in [0.5, 0.6) is 0 Å². The Bertz CT molecular complexity index is 508. The topological polar surface area (TPSA) is 77.8 Å².